The first kappa shape index (κ1) is 14.1. The number of amides is 1. The number of nitrogens with one attached hydrogen (secondary N) is 1. The van der Waals surface area contributed by atoms with Gasteiger partial charge in [-0.05, 0) is 41.3 Å². The molecule has 1 heterocycles. The molecule has 1 aliphatic carbocycles. The summed E-state index contributed by atoms with van der Waals surface area (Å²) in [6.45, 7) is 1.89. The molecule has 0 unspecified atom stereocenters. The molecule has 0 bridgehead atoms. The average molecular weight is 329 g/mol. The van der Waals surface area contributed by atoms with Crippen LogP contribution in [0.4, 0.5) is 0 Å². The van der Waals surface area contributed by atoms with Gasteiger partial charge >= 0.3 is 5.97 Å². The molecule has 1 atom stereocenters. The number of aromatic nitrogens is 1. The molecule has 104 valence electrons. The van der Waals surface area contributed by atoms with Crippen LogP contribution in [0.5, 0.6) is 0 Å². The van der Waals surface area contributed by atoms with Gasteiger partial charge in [0, 0.05) is 16.7 Å². The summed E-state index contributed by atoms with van der Waals surface area (Å²) >= 11 is 3.36. The Kier molecular flexibility index (Phi) is 4.29. The highest BCUT2D eigenvalue weighted by Crippen LogP contribution is 2.37. The number of nitrogens with zero attached hydrogens (tertiary/aromatic N) is 1. The molecule has 0 aromatic carbocycles. The predicted molar refractivity (Wildman–Crippen MR) is 74.2 cm³/mol. The summed E-state index contributed by atoms with van der Waals surface area (Å²) in [5.41, 5.74) is 0.525. The first-order chi connectivity index (χ1) is 9.02. The second-order valence-corrected chi connectivity index (χ2v) is 5.75. The third-order valence-electron chi connectivity index (χ3n) is 3.17. The lowest BCUT2D eigenvalue weighted by Crippen LogP contribution is -2.41. The highest BCUT2D eigenvalue weighted by molar-refractivity contribution is 9.10. The minimum Gasteiger partial charge on any atom is -0.480 e. The highest BCUT2D eigenvalue weighted by Gasteiger charge is 2.29. The number of halogens is 1. The lowest BCUT2D eigenvalue weighted by Gasteiger charge is -2.14. The number of carboxylic acid groups (broad SMARTS) is 1. The van der Waals surface area contributed by atoms with Gasteiger partial charge < -0.3 is 15.0 Å². The van der Waals surface area contributed by atoms with E-state index in [0.717, 1.165) is 17.3 Å². The summed E-state index contributed by atoms with van der Waals surface area (Å²) in [5.74, 6) is -1.31. The summed E-state index contributed by atoms with van der Waals surface area (Å²) in [7, 11) is 0. The van der Waals surface area contributed by atoms with Crippen LogP contribution in [0.25, 0.3) is 0 Å². The number of hydrogen-bond donors (Lipinski definition) is 2. The van der Waals surface area contributed by atoms with E-state index in [1.807, 2.05) is 17.7 Å². The zero-order chi connectivity index (χ0) is 14.0. The van der Waals surface area contributed by atoms with Crippen LogP contribution in [0.2, 0.25) is 0 Å². The van der Waals surface area contributed by atoms with Crippen molar-refractivity contribution < 1.29 is 14.7 Å². The van der Waals surface area contributed by atoms with Gasteiger partial charge in [0.1, 0.15) is 11.7 Å². The van der Waals surface area contributed by atoms with Crippen molar-refractivity contribution in [2.75, 3.05) is 0 Å². The Morgan fingerprint density at radius 1 is 1.58 bits per heavy atom. The number of hydrogen-bond acceptors (Lipinski definition) is 2. The van der Waals surface area contributed by atoms with E-state index in [1.54, 1.807) is 6.07 Å². The van der Waals surface area contributed by atoms with Crippen LogP contribution in [0.15, 0.2) is 16.7 Å². The van der Waals surface area contributed by atoms with E-state index in [4.69, 9.17) is 5.11 Å². The van der Waals surface area contributed by atoms with E-state index in [9.17, 15) is 9.59 Å². The molecule has 0 aliphatic heterocycles. The maximum atomic E-state index is 12.2. The van der Waals surface area contributed by atoms with Crippen LogP contribution >= 0.6 is 15.9 Å². The molecule has 0 radical (unpaired) electrons. The second kappa shape index (κ2) is 5.77. The lowest BCUT2D eigenvalue weighted by atomic mass is 10.1. The number of carbonyl (C=O) groups is 2. The van der Waals surface area contributed by atoms with Crippen molar-refractivity contribution >= 4 is 27.8 Å². The average Bonchev–Trinajstić information content (AvgIpc) is 3.11. The second-order valence-electron chi connectivity index (χ2n) is 4.83. The molecule has 19 heavy (non-hydrogen) atoms. The lowest BCUT2D eigenvalue weighted by molar-refractivity contribution is -0.139. The third kappa shape index (κ3) is 3.37. The topological polar surface area (TPSA) is 71.3 Å². The maximum absolute atomic E-state index is 12.2. The van der Waals surface area contributed by atoms with E-state index in [0.29, 0.717) is 24.6 Å². The molecule has 1 aromatic rings. The number of carboxylic acids is 1. The molecular weight excluding hydrogens is 312 g/mol. The SMILES string of the molecule is CCC[C@H](NC(=O)c1cc(Br)cn1C1CC1)C(=O)O. The monoisotopic (exact) mass is 328 g/mol. The Bertz CT molecular complexity index is 494. The van der Waals surface area contributed by atoms with E-state index in [-0.39, 0.29) is 5.91 Å². The molecular formula is C13H17BrN2O3. The number of carbonyl (C=O) groups excluding carboxylic acids is 1. The molecule has 1 aliphatic rings. The molecule has 5 nitrogen and oxygen atoms in total. The first-order valence-electron chi connectivity index (χ1n) is 6.44. The third-order valence-corrected chi connectivity index (χ3v) is 3.60. The Labute approximate surface area is 120 Å². The minimum absolute atomic E-state index is 0.321. The molecule has 2 N–H and O–H groups in total. The smallest absolute Gasteiger partial charge is 0.326 e. The quantitative estimate of drug-likeness (QED) is 0.843. The van der Waals surface area contributed by atoms with Crippen LogP contribution in [-0.2, 0) is 4.79 Å². The molecule has 0 saturated heterocycles. The molecule has 1 amide bonds. The summed E-state index contributed by atoms with van der Waals surface area (Å²) in [5, 5.41) is 11.7. The van der Waals surface area contributed by atoms with Gasteiger partial charge in [-0.3, -0.25) is 4.79 Å². The fraction of sp³-hybridized carbons (Fsp3) is 0.538. The Balaban J connectivity index is 2.12. The molecule has 1 saturated carbocycles. The van der Waals surface area contributed by atoms with E-state index in [1.165, 1.54) is 0 Å². The van der Waals surface area contributed by atoms with Gasteiger partial charge in [0.05, 0.1) is 0 Å². The van der Waals surface area contributed by atoms with Crippen molar-refractivity contribution in [3.63, 3.8) is 0 Å². The van der Waals surface area contributed by atoms with Gasteiger partial charge in [-0.1, -0.05) is 13.3 Å². The summed E-state index contributed by atoms with van der Waals surface area (Å²) < 4.78 is 2.76. The van der Waals surface area contributed by atoms with Crippen LogP contribution < -0.4 is 5.32 Å². The van der Waals surface area contributed by atoms with Crippen molar-refractivity contribution in [3.05, 3.63) is 22.4 Å². The summed E-state index contributed by atoms with van der Waals surface area (Å²) in [4.78, 5) is 23.2. The van der Waals surface area contributed by atoms with Gasteiger partial charge in [-0.25, -0.2) is 4.79 Å². The van der Waals surface area contributed by atoms with Crippen LogP contribution in [0.3, 0.4) is 0 Å². The molecule has 6 heteroatoms. The first-order valence-corrected chi connectivity index (χ1v) is 7.23. The number of aliphatic carboxylic acids is 1. The maximum Gasteiger partial charge on any atom is 0.326 e. The largest absolute Gasteiger partial charge is 0.480 e. The Morgan fingerprint density at radius 2 is 2.26 bits per heavy atom. The van der Waals surface area contributed by atoms with E-state index in [2.05, 4.69) is 21.2 Å². The fourth-order valence-corrected chi connectivity index (χ4v) is 2.50. The molecule has 1 aromatic heterocycles. The van der Waals surface area contributed by atoms with Crippen molar-refractivity contribution in [3.8, 4) is 0 Å². The Hall–Kier alpha value is -1.30. The normalized spacial score (nSPS) is 16.1. The van der Waals surface area contributed by atoms with Gasteiger partial charge in [0.2, 0.25) is 0 Å². The zero-order valence-corrected chi connectivity index (χ0v) is 12.3. The fourth-order valence-electron chi connectivity index (χ4n) is 2.06. The van der Waals surface area contributed by atoms with Crippen LogP contribution in [-0.4, -0.2) is 27.6 Å². The highest BCUT2D eigenvalue weighted by atomic mass is 79.9. The van der Waals surface area contributed by atoms with Gasteiger partial charge in [-0.2, -0.15) is 0 Å². The van der Waals surface area contributed by atoms with Crippen molar-refractivity contribution in [1.82, 2.24) is 9.88 Å². The Morgan fingerprint density at radius 3 is 2.79 bits per heavy atom. The van der Waals surface area contributed by atoms with Crippen LogP contribution in [0, 0.1) is 0 Å². The number of rotatable bonds is 6. The van der Waals surface area contributed by atoms with Gasteiger partial charge in [0.15, 0.2) is 0 Å². The predicted octanol–water partition coefficient (Wildman–Crippen LogP) is 2.57. The molecule has 0 spiro atoms. The van der Waals surface area contributed by atoms with E-state index >= 15 is 0 Å². The van der Waals surface area contributed by atoms with Crippen molar-refractivity contribution in [2.24, 2.45) is 0 Å². The van der Waals surface area contributed by atoms with Crippen molar-refractivity contribution in [1.29, 1.82) is 0 Å². The minimum atomic E-state index is -0.987. The zero-order valence-electron chi connectivity index (χ0n) is 10.7. The summed E-state index contributed by atoms with van der Waals surface area (Å²) in [6.07, 6.45) is 5.16. The van der Waals surface area contributed by atoms with Gasteiger partial charge in [0.25, 0.3) is 5.91 Å². The van der Waals surface area contributed by atoms with E-state index < -0.39 is 12.0 Å². The van der Waals surface area contributed by atoms with Crippen LogP contribution in [0.1, 0.15) is 49.1 Å². The molecule has 2 rings (SSSR count). The summed E-state index contributed by atoms with van der Waals surface area (Å²) in [6, 6.07) is 1.29. The van der Waals surface area contributed by atoms with Crippen molar-refractivity contribution in [2.45, 2.75) is 44.7 Å². The molecule has 1 fully saturated rings. The standard InChI is InChI=1S/C13H17BrN2O3/c1-2-3-10(13(18)19)15-12(17)11-6-8(14)7-16(11)9-4-5-9/h6-7,9-10H,2-5H2,1H3,(H,15,17)(H,18,19)/t10-/m0/s1. The van der Waals surface area contributed by atoms with Gasteiger partial charge in [-0.15, -0.1) is 0 Å².